The van der Waals surface area contributed by atoms with Crippen molar-refractivity contribution in [1.29, 1.82) is 0 Å². The highest BCUT2D eigenvalue weighted by Gasteiger charge is 2.12. The predicted octanol–water partition coefficient (Wildman–Crippen LogP) is 1.88. The van der Waals surface area contributed by atoms with Crippen LogP contribution in [0.25, 0.3) is 0 Å². The molecule has 0 aliphatic heterocycles. The van der Waals surface area contributed by atoms with E-state index in [0.717, 1.165) is 9.50 Å². The van der Waals surface area contributed by atoms with Crippen LogP contribution in [0.1, 0.15) is 5.56 Å². The molecule has 6 nitrogen and oxygen atoms in total. The van der Waals surface area contributed by atoms with E-state index in [1.165, 1.54) is 18.0 Å². The lowest BCUT2D eigenvalue weighted by Crippen LogP contribution is -2.15. The highest BCUT2D eigenvalue weighted by molar-refractivity contribution is 9.10. The van der Waals surface area contributed by atoms with Crippen LogP contribution in [0.5, 0.6) is 0 Å². The summed E-state index contributed by atoms with van der Waals surface area (Å²) in [6.45, 7) is 0. The van der Waals surface area contributed by atoms with Gasteiger partial charge in [-0.1, -0.05) is 5.16 Å². The highest BCUT2D eigenvalue weighted by Crippen LogP contribution is 2.31. The van der Waals surface area contributed by atoms with Crippen molar-refractivity contribution in [1.82, 2.24) is 15.2 Å². The molecule has 0 spiro atoms. The van der Waals surface area contributed by atoms with E-state index < -0.39 is 0 Å². The van der Waals surface area contributed by atoms with Crippen molar-refractivity contribution in [3.63, 3.8) is 0 Å². The minimum atomic E-state index is -0.0144. The van der Waals surface area contributed by atoms with Crippen LogP contribution in [-0.4, -0.2) is 26.2 Å². The zero-order chi connectivity index (χ0) is 13.0. The Bertz CT molecular complexity index is 592. The van der Waals surface area contributed by atoms with Gasteiger partial charge in [-0.25, -0.2) is 4.98 Å². The number of halogens is 1. The van der Waals surface area contributed by atoms with Crippen LogP contribution >= 0.6 is 27.7 Å². The lowest BCUT2D eigenvalue weighted by atomic mass is 10.3. The van der Waals surface area contributed by atoms with Crippen molar-refractivity contribution in [2.45, 2.75) is 10.1 Å². The molecule has 2 rings (SSSR count). The van der Waals surface area contributed by atoms with E-state index in [0.29, 0.717) is 10.6 Å². The van der Waals surface area contributed by atoms with Crippen molar-refractivity contribution in [3.8, 4) is 0 Å². The van der Waals surface area contributed by atoms with Gasteiger partial charge in [-0.2, -0.15) is 5.10 Å². The fourth-order valence-electron chi connectivity index (χ4n) is 1.18. The normalized spacial score (nSPS) is 11.5. The predicted molar refractivity (Wildman–Crippen MR) is 70.6 cm³/mol. The molecule has 0 aromatic carbocycles. The minimum absolute atomic E-state index is 0.0144. The molecule has 2 aromatic rings. The molecule has 0 saturated heterocycles. The first-order valence-electron chi connectivity index (χ1n) is 4.80. The number of pyridine rings is 1. The average molecular weight is 326 g/mol. The molecular weight excluding hydrogens is 318 g/mol. The second-order valence-electron chi connectivity index (χ2n) is 3.13. The Morgan fingerprint density at radius 2 is 2.17 bits per heavy atom. The number of nitrogens with two attached hydrogens (primary N) is 1. The molecule has 18 heavy (non-hydrogen) atoms. The van der Waals surface area contributed by atoms with Gasteiger partial charge in [0.2, 0.25) is 0 Å². The van der Waals surface area contributed by atoms with E-state index in [4.69, 9.17) is 10.9 Å². The molecule has 0 amide bonds. The van der Waals surface area contributed by atoms with Gasteiger partial charge in [-0.15, -0.1) is 5.10 Å². The summed E-state index contributed by atoms with van der Waals surface area (Å²) in [5.41, 5.74) is 6.08. The van der Waals surface area contributed by atoms with E-state index >= 15 is 0 Å². The zero-order valence-corrected chi connectivity index (χ0v) is 11.4. The van der Waals surface area contributed by atoms with Gasteiger partial charge in [-0.3, -0.25) is 0 Å². The molecule has 0 atom stereocenters. The number of amidine groups is 1. The molecule has 8 heteroatoms. The largest absolute Gasteiger partial charge is 0.409 e. The monoisotopic (exact) mass is 325 g/mol. The van der Waals surface area contributed by atoms with Crippen LogP contribution in [0.15, 0.2) is 50.3 Å². The Balaban J connectivity index is 2.38. The quantitative estimate of drug-likeness (QED) is 0.387. The molecule has 0 unspecified atom stereocenters. The number of hydrogen-bond donors (Lipinski definition) is 2. The van der Waals surface area contributed by atoms with Crippen LogP contribution in [0.2, 0.25) is 0 Å². The summed E-state index contributed by atoms with van der Waals surface area (Å²) in [6, 6.07) is 5.31. The number of aromatic nitrogens is 3. The summed E-state index contributed by atoms with van der Waals surface area (Å²) in [5, 5.41) is 20.7. The van der Waals surface area contributed by atoms with Gasteiger partial charge in [0.25, 0.3) is 0 Å². The molecule has 0 radical (unpaired) electrons. The summed E-state index contributed by atoms with van der Waals surface area (Å²) in [5.74, 6) is -0.0144. The lowest BCUT2D eigenvalue weighted by Gasteiger charge is -2.05. The maximum absolute atomic E-state index is 8.71. The molecule has 0 fully saturated rings. The van der Waals surface area contributed by atoms with E-state index in [-0.39, 0.29) is 5.84 Å². The molecule has 0 saturated carbocycles. The summed E-state index contributed by atoms with van der Waals surface area (Å²) in [6.07, 6.45) is 3.15. The van der Waals surface area contributed by atoms with E-state index in [1.807, 2.05) is 12.1 Å². The van der Waals surface area contributed by atoms with Crippen LogP contribution < -0.4 is 5.73 Å². The minimum Gasteiger partial charge on any atom is -0.409 e. The van der Waals surface area contributed by atoms with Gasteiger partial charge >= 0.3 is 0 Å². The molecule has 92 valence electrons. The van der Waals surface area contributed by atoms with Gasteiger partial charge < -0.3 is 10.9 Å². The third kappa shape index (κ3) is 2.77. The molecule has 2 heterocycles. The SMILES string of the molecule is N/C(=N/O)c1ccnnc1Sc1ncccc1Br. The van der Waals surface area contributed by atoms with Crippen LogP contribution in [0.4, 0.5) is 0 Å². The fourth-order valence-corrected chi connectivity index (χ4v) is 2.51. The first-order valence-corrected chi connectivity index (χ1v) is 6.41. The first-order chi connectivity index (χ1) is 8.72. The van der Waals surface area contributed by atoms with Crippen LogP contribution in [-0.2, 0) is 0 Å². The zero-order valence-electron chi connectivity index (χ0n) is 8.99. The molecule has 0 bridgehead atoms. The van der Waals surface area contributed by atoms with Crippen molar-refractivity contribution in [3.05, 3.63) is 40.6 Å². The molecule has 0 aliphatic carbocycles. The summed E-state index contributed by atoms with van der Waals surface area (Å²) < 4.78 is 0.839. The molecule has 0 aliphatic rings. The van der Waals surface area contributed by atoms with Gasteiger partial charge in [-0.05, 0) is 45.9 Å². The average Bonchev–Trinajstić information content (AvgIpc) is 2.41. The maximum atomic E-state index is 8.71. The van der Waals surface area contributed by atoms with Crippen LogP contribution in [0.3, 0.4) is 0 Å². The second kappa shape index (κ2) is 5.78. The van der Waals surface area contributed by atoms with Gasteiger partial charge in [0.15, 0.2) is 5.84 Å². The summed E-state index contributed by atoms with van der Waals surface area (Å²) in [7, 11) is 0. The number of hydrogen-bond acceptors (Lipinski definition) is 6. The third-order valence-corrected chi connectivity index (χ3v) is 3.90. The number of nitrogens with zero attached hydrogens (tertiary/aromatic N) is 4. The molecule has 2 aromatic heterocycles. The lowest BCUT2D eigenvalue weighted by molar-refractivity contribution is 0.318. The standard InChI is InChI=1S/C10H8BrN5OS/c11-7-2-1-4-13-10(7)18-9-6(8(12)16-17)3-5-14-15-9/h1-5,17H,(H2,12,16). The van der Waals surface area contributed by atoms with Gasteiger partial charge in [0.05, 0.1) is 16.2 Å². The number of rotatable bonds is 3. The van der Waals surface area contributed by atoms with Crippen molar-refractivity contribution in [2.24, 2.45) is 10.9 Å². The summed E-state index contributed by atoms with van der Waals surface area (Å²) >= 11 is 4.67. The third-order valence-electron chi connectivity index (χ3n) is 1.99. The van der Waals surface area contributed by atoms with Crippen molar-refractivity contribution < 1.29 is 5.21 Å². The first kappa shape index (κ1) is 12.8. The maximum Gasteiger partial charge on any atom is 0.172 e. The Hall–Kier alpha value is -1.67. The Morgan fingerprint density at radius 1 is 1.33 bits per heavy atom. The van der Waals surface area contributed by atoms with Crippen molar-refractivity contribution in [2.75, 3.05) is 0 Å². The summed E-state index contributed by atoms with van der Waals surface area (Å²) in [4.78, 5) is 4.20. The smallest absolute Gasteiger partial charge is 0.172 e. The highest BCUT2D eigenvalue weighted by atomic mass is 79.9. The Kier molecular flexibility index (Phi) is 4.11. The van der Waals surface area contributed by atoms with E-state index in [2.05, 4.69) is 36.3 Å². The molecule has 3 N–H and O–H groups in total. The number of oxime groups is 1. The topological polar surface area (TPSA) is 97.3 Å². The van der Waals surface area contributed by atoms with Gasteiger partial charge in [0, 0.05) is 6.20 Å². The van der Waals surface area contributed by atoms with E-state index in [9.17, 15) is 0 Å². The van der Waals surface area contributed by atoms with Crippen LogP contribution in [0, 0.1) is 0 Å². The fraction of sp³-hybridized carbons (Fsp3) is 0. The van der Waals surface area contributed by atoms with Gasteiger partial charge in [0.1, 0.15) is 10.1 Å². The Labute approximate surface area is 115 Å². The Morgan fingerprint density at radius 3 is 2.89 bits per heavy atom. The van der Waals surface area contributed by atoms with Crippen molar-refractivity contribution >= 4 is 33.5 Å². The van der Waals surface area contributed by atoms with E-state index in [1.54, 1.807) is 12.3 Å². The molecular formula is C10H8BrN5OS. The second-order valence-corrected chi connectivity index (χ2v) is 4.96.